The van der Waals surface area contributed by atoms with Gasteiger partial charge in [-0.3, -0.25) is 0 Å². The summed E-state index contributed by atoms with van der Waals surface area (Å²) < 4.78 is 6.97. The van der Waals surface area contributed by atoms with Crippen LogP contribution >= 0.6 is 15.9 Å². The van der Waals surface area contributed by atoms with Crippen molar-refractivity contribution in [2.24, 2.45) is 5.92 Å². The zero-order chi connectivity index (χ0) is 11.1. The van der Waals surface area contributed by atoms with Crippen LogP contribution < -0.4 is 5.32 Å². The van der Waals surface area contributed by atoms with E-state index in [1.54, 1.807) is 0 Å². The first kappa shape index (κ1) is 10.4. The molecule has 1 atom stereocenters. The summed E-state index contributed by atoms with van der Waals surface area (Å²) in [5.41, 5.74) is 0.957. The van der Waals surface area contributed by atoms with E-state index in [4.69, 9.17) is 4.42 Å². The number of hydrogen-bond donors (Lipinski definition) is 1. The van der Waals surface area contributed by atoms with Crippen molar-refractivity contribution in [2.45, 2.75) is 18.9 Å². The first-order valence-electron chi connectivity index (χ1n) is 5.65. The van der Waals surface area contributed by atoms with Crippen molar-refractivity contribution in [3.8, 4) is 0 Å². The largest absolute Gasteiger partial charge is 0.458 e. The van der Waals surface area contributed by atoms with E-state index in [0.29, 0.717) is 6.04 Å². The van der Waals surface area contributed by atoms with E-state index in [1.807, 2.05) is 19.2 Å². The second-order valence-electron chi connectivity index (χ2n) is 4.41. The maximum absolute atomic E-state index is 5.94. The van der Waals surface area contributed by atoms with Crippen LogP contribution in [0.2, 0.25) is 0 Å². The van der Waals surface area contributed by atoms with Crippen molar-refractivity contribution < 1.29 is 4.42 Å². The Balaban J connectivity index is 2.06. The lowest BCUT2D eigenvalue weighted by Gasteiger charge is -2.11. The molecule has 0 bridgehead atoms. The minimum atomic E-state index is 0.374. The topological polar surface area (TPSA) is 25.2 Å². The van der Waals surface area contributed by atoms with Gasteiger partial charge in [-0.2, -0.15) is 0 Å². The van der Waals surface area contributed by atoms with Crippen LogP contribution in [0.3, 0.4) is 0 Å². The summed E-state index contributed by atoms with van der Waals surface area (Å²) in [5, 5.41) is 4.52. The molecule has 1 N–H and O–H groups in total. The highest BCUT2D eigenvalue weighted by molar-refractivity contribution is 9.10. The van der Waals surface area contributed by atoms with Crippen molar-refractivity contribution in [1.29, 1.82) is 0 Å². The summed E-state index contributed by atoms with van der Waals surface area (Å²) in [5.74, 6) is 1.82. The monoisotopic (exact) mass is 279 g/mol. The molecule has 1 fully saturated rings. The molecule has 0 saturated heterocycles. The Morgan fingerprint density at radius 3 is 2.88 bits per heavy atom. The van der Waals surface area contributed by atoms with Crippen molar-refractivity contribution in [3.63, 3.8) is 0 Å². The van der Waals surface area contributed by atoms with Crippen LogP contribution in [0.25, 0.3) is 11.0 Å². The van der Waals surface area contributed by atoms with Crippen LogP contribution in [0.15, 0.2) is 33.2 Å². The number of rotatable bonds is 3. The van der Waals surface area contributed by atoms with Crippen molar-refractivity contribution >= 4 is 26.9 Å². The van der Waals surface area contributed by atoms with E-state index in [0.717, 1.165) is 21.7 Å². The van der Waals surface area contributed by atoms with Gasteiger partial charge in [0, 0.05) is 5.39 Å². The van der Waals surface area contributed by atoms with Crippen molar-refractivity contribution in [2.75, 3.05) is 7.05 Å². The lowest BCUT2D eigenvalue weighted by molar-refractivity contribution is 0.419. The number of hydrogen-bond acceptors (Lipinski definition) is 2. The van der Waals surface area contributed by atoms with Gasteiger partial charge in [0.25, 0.3) is 0 Å². The van der Waals surface area contributed by atoms with Gasteiger partial charge in [0.15, 0.2) is 0 Å². The van der Waals surface area contributed by atoms with Crippen LogP contribution in [0.5, 0.6) is 0 Å². The molecule has 2 aromatic rings. The minimum absolute atomic E-state index is 0.374. The molecule has 0 spiro atoms. The predicted molar refractivity (Wildman–Crippen MR) is 68.4 cm³/mol. The van der Waals surface area contributed by atoms with E-state index >= 15 is 0 Å². The number of nitrogens with one attached hydrogen (secondary N) is 1. The fraction of sp³-hybridized carbons (Fsp3) is 0.385. The van der Waals surface area contributed by atoms with Crippen molar-refractivity contribution in [3.05, 3.63) is 34.5 Å². The number of benzene rings is 1. The van der Waals surface area contributed by atoms with E-state index < -0.39 is 0 Å². The molecule has 1 saturated carbocycles. The molecule has 0 amide bonds. The Hall–Kier alpha value is -0.800. The van der Waals surface area contributed by atoms with Crippen LogP contribution in [0, 0.1) is 5.92 Å². The first-order valence-corrected chi connectivity index (χ1v) is 6.44. The molecule has 3 rings (SSSR count). The number of para-hydroxylation sites is 1. The summed E-state index contributed by atoms with van der Waals surface area (Å²) in [6.07, 6.45) is 2.62. The molecule has 16 heavy (non-hydrogen) atoms. The SMILES string of the molecule is CNC(c1cc2cccc(Br)c2o1)C1CC1. The Morgan fingerprint density at radius 1 is 1.44 bits per heavy atom. The average molecular weight is 280 g/mol. The summed E-state index contributed by atoms with van der Waals surface area (Å²) in [6.45, 7) is 0. The van der Waals surface area contributed by atoms with Crippen LogP contribution in [0.4, 0.5) is 0 Å². The molecule has 0 aliphatic heterocycles. The second-order valence-corrected chi connectivity index (χ2v) is 5.27. The minimum Gasteiger partial charge on any atom is -0.458 e. The maximum atomic E-state index is 5.94. The zero-order valence-corrected chi connectivity index (χ0v) is 10.8. The quantitative estimate of drug-likeness (QED) is 0.923. The number of fused-ring (bicyclic) bond motifs is 1. The third-order valence-electron chi connectivity index (χ3n) is 3.23. The molecule has 0 radical (unpaired) electrons. The Labute approximate surface area is 103 Å². The highest BCUT2D eigenvalue weighted by Gasteiger charge is 2.33. The van der Waals surface area contributed by atoms with Gasteiger partial charge in [-0.25, -0.2) is 0 Å². The third kappa shape index (κ3) is 1.68. The maximum Gasteiger partial charge on any atom is 0.148 e. The molecular weight excluding hydrogens is 266 g/mol. The molecule has 1 heterocycles. The zero-order valence-electron chi connectivity index (χ0n) is 9.16. The van der Waals surface area contributed by atoms with Crippen LogP contribution in [0.1, 0.15) is 24.6 Å². The lowest BCUT2D eigenvalue weighted by atomic mass is 10.1. The van der Waals surface area contributed by atoms with E-state index in [9.17, 15) is 0 Å². The third-order valence-corrected chi connectivity index (χ3v) is 3.85. The lowest BCUT2D eigenvalue weighted by Crippen LogP contribution is -2.17. The van der Waals surface area contributed by atoms with Gasteiger partial charge < -0.3 is 9.73 Å². The molecule has 1 aromatic carbocycles. The highest BCUT2D eigenvalue weighted by atomic mass is 79.9. The van der Waals surface area contributed by atoms with E-state index in [1.165, 1.54) is 18.2 Å². The van der Waals surface area contributed by atoms with Gasteiger partial charge in [-0.1, -0.05) is 12.1 Å². The molecule has 1 aliphatic rings. The summed E-state index contributed by atoms with van der Waals surface area (Å²) in [7, 11) is 2.01. The average Bonchev–Trinajstić information content (AvgIpc) is 2.99. The second kappa shape index (κ2) is 3.90. The van der Waals surface area contributed by atoms with E-state index in [2.05, 4.69) is 33.4 Å². The Morgan fingerprint density at radius 2 is 2.25 bits per heavy atom. The molecule has 3 heteroatoms. The van der Waals surface area contributed by atoms with E-state index in [-0.39, 0.29) is 0 Å². The van der Waals surface area contributed by atoms with Crippen LogP contribution in [-0.2, 0) is 0 Å². The van der Waals surface area contributed by atoms with Gasteiger partial charge >= 0.3 is 0 Å². The standard InChI is InChI=1S/C13H14BrNO/c1-15-12(8-5-6-8)11-7-9-3-2-4-10(14)13(9)16-11/h2-4,7-8,12,15H,5-6H2,1H3. The number of halogens is 1. The fourth-order valence-electron chi connectivity index (χ4n) is 2.24. The fourth-order valence-corrected chi connectivity index (χ4v) is 2.70. The van der Waals surface area contributed by atoms with Gasteiger partial charge in [0.1, 0.15) is 11.3 Å². The van der Waals surface area contributed by atoms with Gasteiger partial charge in [0.05, 0.1) is 10.5 Å². The molecule has 2 nitrogen and oxygen atoms in total. The smallest absolute Gasteiger partial charge is 0.148 e. The molecular formula is C13H14BrNO. The predicted octanol–water partition coefficient (Wildman–Crippen LogP) is 3.87. The summed E-state index contributed by atoms with van der Waals surface area (Å²) in [6, 6.07) is 8.67. The van der Waals surface area contributed by atoms with Gasteiger partial charge in [-0.05, 0) is 53.9 Å². The summed E-state index contributed by atoms with van der Waals surface area (Å²) in [4.78, 5) is 0. The molecule has 1 unspecified atom stereocenters. The highest BCUT2D eigenvalue weighted by Crippen LogP contribution is 2.42. The molecule has 84 valence electrons. The first-order chi connectivity index (χ1) is 7.79. The van der Waals surface area contributed by atoms with Crippen molar-refractivity contribution in [1.82, 2.24) is 5.32 Å². The molecule has 1 aliphatic carbocycles. The van der Waals surface area contributed by atoms with Gasteiger partial charge in [-0.15, -0.1) is 0 Å². The molecule has 1 aromatic heterocycles. The summed E-state index contributed by atoms with van der Waals surface area (Å²) >= 11 is 3.52. The normalized spacial score (nSPS) is 17.9. The number of furan rings is 1. The van der Waals surface area contributed by atoms with Gasteiger partial charge in [0.2, 0.25) is 0 Å². The Bertz CT molecular complexity index is 516. The van der Waals surface area contributed by atoms with Crippen LogP contribution in [-0.4, -0.2) is 7.05 Å². The Kier molecular flexibility index (Phi) is 2.52.